The molecule has 0 aliphatic heterocycles. The van der Waals surface area contributed by atoms with Gasteiger partial charge < -0.3 is 4.90 Å². The molecule has 4 fully saturated rings. The van der Waals surface area contributed by atoms with Gasteiger partial charge in [-0.2, -0.15) is 0 Å². The molecule has 4 saturated carbocycles. The van der Waals surface area contributed by atoms with Gasteiger partial charge >= 0.3 is 0 Å². The Morgan fingerprint density at radius 3 is 1.66 bits per heavy atom. The lowest BCUT2D eigenvalue weighted by molar-refractivity contribution is -0.412. The van der Waals surface area contributed by atoms with Crippen LogP contribution >= 0.6 is 0 Å². The summed E-state index contributed by atoms with van der Waals surface area (Å²) < 4.78 is 0. The van der Waals surface area contributed by atoms with Crippen molar-refractivity contribution in [2.45, 2.75) is 56.8 Å². The molecule has 294 valence electrons. The second-order valence-electron chi connectivity index (χ2n) is 19.9. The smallest absolute Gasteiger partial charge is 0.0458 e. The van der Waals surface area contributed by atoms with Crippen LogP contribution in [-0.4, -0.2) is 0 Å². The van der Waals surface area contributed by atoms with Gasteiger partial charge in [-0.15, -0.1) is 0 Å². The van der Waals surface area contributed by atoms with Gasteiger partial charge in [-0.05, 0) is 176 Å². The van der Waals surface area contributed by atoms with Gasteiger partial charge in [0.1, 0.15) is 0 Å². The SMILES string of the molecule is CC1(C)C2=C(CCC(N(c3ccc(-c4ccccc4)cc3)c3ccc(-c4ccccc4)cc3)=C2)c2ccc(-c3cccc4c3-c3ccccc3C43C4CC5CC6CC3C564)cc21. The minimum atomic E-state index is -0.129. The van der Waals surface area contributed by atoms with E-state index >= 15 is 0 Å². The van der Waals surface area contributed by atoms with Crippen LogP contribution in [0.3, 0.4) is 0 Å². The van der Waals surface area contributed by atoms with Gasteiger partial charge in [0.05, 0.1) is 0 Å². The molecule has 0 heterocycles. The molecule has 0 bridgehead atoms. The van der Waals surface area contributed by atoms with Crippen LogP contribution in [0.2, 0.25) is 0 Å². The Balaban J connectivity index is 0.845. The van der Waals surface area contributed by atoms with E-state index in [1.165, 1.54) is 103 Å². The van der Waals surface area contributed by atoms with E-state index in [2.05, 4.69) is 195 Å². The standard InChI is InChI=1S/C60H49N/c1-58(2)53-32-41(47-17-11-19-52-57(47)50-16-9-10-18-51(50)60(52)55-34-42-33-43-35-56(60)59(42,43)55)24-30-48(53)49-31-29-46(36-54(49)58)61(44-25-20-39(21-26-44)37-12-5-3-6-13-37)45-27-22-40(23-28-45)38-14-7-4-8-15-38/h3-28,30,32,36,42-43,55-56H,29,31,33-35H2,1-2H3. The maximum atomic E-state index is 2.58. The zero-order valence-corrected chi connectivity index (χ0v) is 35.0. The van der Waals surface area contributed by atoms with E-state index in [-0.39, 0.29) is 10.8 Å². The molecular formula is C60H49N. The summed E-state index contributed by atoms with van der Waals surface area (Å²) in [5, 5.41) is 0. The summed E-state index contributed by atoms with van der Waals surface area (Å²) in [5.41, 5.74) is 24.5. The molecule has 7 aromatic rings. The fraction of sp³-hybridized carbons (Fsp3) is 0.233. The molecule has 61 heavy (non-hydrogen) atoms. The molecule has 1 heteroatoms. The molecule has 0 saturated heterocycles. The Kier molecular flexibility index (Phi) is 6.80. The van der Waals surface area contributed by atoms with Gasteiger partial charge in [-0.3, -0.25) is 0 Å². The first-order valence-corrected chi connectivity index (χ1v) is 22.9. The van der Waals surface area contributed by atoms with Crippen molar-refractivity contribution in [3.63, 3.8) is 0 Å². The van der Waals surface area contributed by atoms with Crippen molar-refractivity contribution in [3.05, 3.63) is 209 Å². The number of anilines is 2. The number of hydrogen-bond donors (Lipinski definition) is 0. The summed E-state index contributed by atoms with van der Waals surface area (Å²) in [4.78, 5) is 2.52. The zero-order valence-electron chi connectivity index (χ0n) is 35.0. The number of rotatable bonds is 6. The fourth-order valence-electron chi connectivity index (χ4n) is 15.0. The summed E-state index contributed by atoms with van der Waals surface area (Å²) in [5.74, 6) is 3.73. The number of nitrogens with zero attached hydrogens (tertiary/aromatic N) is 1. The first kappa shape index (κ1) is 34.5. The van der Waals surface area contributed by atoms with Crippen LogP contribution in [0.15, 0.2) is 187 Å². The molecule has 7 aliphatic carbocycles. The quantitative estimate of drug-likeness (QED) is 0.162. The predicted octanol–water partition coefficient (Wildman–Crippen LogP) is 15.2. The fourth-order valence-corrected chi connectivity index (χ4v) is 15.0. The summed E-state index contributed by atoms with van der Waals surface area (Å²) in [6, 6.07) is 64.2. The number of hydrogen-bond acceptors (Lipinski definition) is 1. The molecule has 7 aromatic carbocycles. The largest absolute Gasteiger partial charge is 0.314 e. The van der Waals surface area contributed by atoms with Crippen molar-refractivity contribution in [2.75, 3.05) is 4.90 Å². The van der Waals surface area contributed by atoms with Crippen LogP contribution in [-0.2, 0) is 10.8 Å². The predicted molar refractivity (Wildman–Crippen MR) is 251 cm³/mol. The minimum Gasteiger partial charge on any atom is -0.314 e. The summed E-state index contributed by atoms with van der Waals surface area (Å²) >= 11 is 0. The van der Waals surface area contributed by atoms with Crippen LogP contribution < -0.4 is 4.90 Å². The molecule has 2 spiro atoms. The normalized spacial score (nSPS) is 27.1. The summed E-state index contributed by atoms with van der Waals surface area (Å²) in [6.07, 6.45) is 8.97. The molecule has 0 radical (unpaired) electrons. The molecule has 0 amide bonds. The molecule has 4 atom stereocenters. The van der Waals surface area contributed by atoms with E-state index in [1.807, 2.05) is 0 Å². The molecule has 7 aliphatic rings. The maximum absolute atomic E-state index is 2.58. The lowest BCUT2D eigenvalue weighted by Crippen LogP contribution is -2.88. The Bertz CT molecular complexity index is 2930. The van der Waals surface area contributed by atoms with Crippen molar-refractivity contribution in [1.29, 1.82) is 0 Å². The second-order valence-corrected chi connectivity index (χ2v) is 19.9. The highest BCUT2D eigenvalue weighted by Gasteiger charge is 2.90. The lowest BCUT2D eigenvalue weighted by atomic mass is 9.11. The van der Waals surface area contributed by atoms with E-state index in [4.69, 9.17) is 0 Å². The number of fused-ring (bicyclic) bond motifs is 9. The lowest BCUT2D eigenvalue weighted by Gasteiger charge is -2.92. The first-order chi connectivity index (χ1) is 30.0. The van der Waals surface area contributed by atoms with Crippen LogP contribution in [0.1, 0.15) is 68.2 Å². The van der Waals surface area contributed by atoms with E-state index < -0.39 is 0 Å². The molecule has 0 N–H and O–H groups in total. The molecule has 14 rings (SSSR count). The van der Waals surface area contributed by atoms with Gasteiger partial charge in [0.15, 0.2) is 0 Å². The highest BCUT2D eigenvalue weighted by molar-refractivity contribution is 5.95. The van der Waals surface area contributed by atoms with Gasteiger partial charge in [-0.25, -0.2) is 0 Å². The van der Waals surface area contributed by atoms with Crippen molar-refractivity contribution in [2.24, 2.45) is 29.1 Å². The third-order valence-corrected chi connectivity index (χ3v) is 17.5. The average molecular weight is 784 g/mol. The number of allylic oxidation sites excluding steroid dienone is 4. The summed E-state index contributed by atoms with van der Waals surface area (Å²) in [6.45, 7) is 4.94. The van der Waals surface area contributed by atoms with Gasteiger partial charge in [-0.1, -0.05) is 153 Å². The van der Waals surface area contributed by atoms with Gasteiger partial charge in [0.2, 0.25) is 0 Å². The van der Waals surface area contributed by atoms with Crippen molar-refractivity contribution in [3.8, 4) is 44.5 Å². The minimum absolute atomic E-state index is 0.129. The van der Waals surface area contributed by atoms with Crippen LogP contribution in [0.5, 0.6) is 0 Å². The highest BCUT2D eigenvalue weighted by atomic mass is 15.1. The molecule has 4 unspecified atom stereocenters. The van der Waals surface area contributed by atoms with Gasteiger partial charge in [0.25, 0.3) is 0 Å². The average Bonchev–Trinajstić information content (AvgIpc) is 3.72. The molecule has 0 aromatic heterocycles. The Labute approximate surface area is 360 Å². The second kappa shape index (κ2) is 12.0. The Hall–Kier alpha value is -6.18. The van der Waals surface area contributed by atoms with Crippen molar-refractivity contribution >= 4 is 16.9 Å². The molecule has 1 nitrogen and oxygen atoms in total. The van der Waals surface area contributed by atoms with Crippen molar-refractivity contribution in [1.82, 2.24) is 0 Å². The van der Waals surface area contributed by atoms with Crippen molar-refractivity contribution < 1.29 is 0 Å². The summed E-state index contributed by atoms with van der Waals surface area (Å²) in [7, 11) is 0. The van der Waals surface area contributed by atoms with Crippen LogP contribution in [0.25, 0.3) is 50.1 Å². The molecular weight excluding hydrogens is 735 g/mol. The van der Waals surface area contributed by atoms with E-state index in [0.29, 0.717) is 5.41 Å². The van der Waals surface area contributed by atoms with E-state index in [9.17, 15) is 0 Å². The van der Waals surface area contributed by atoms with Crippen LogP contribution in [0.4, 0.5) is 11.4 Å². The van der Waals surface area contributed by atoms with Crippen LogP contribution in [0, 0.1) is 29.1 Å². The third kappa shape index (κ3) is 4.23. The zero-order chi connectivity index (χ0) is 40.2. The first-order valence-electron chi connectivity index (χ1n) is 22.9. The van der Waals surface area contributed by atoms with Gasteiger partial charge in [0, 0.05) is 27.9 Å². The third-order valence-electron chi connectivity index (χ3n) is 17.5. The topological polar surface area (TPSA) is 3.24 Å². The maximum Gasteiger partial charge on any atom is 0.0458 e. The highest BCUT2D eigenvalue weighted by Crippen LogP contribution is 2.95. The van der Waals surface area contributed by atoms with E-state index in [0.717, 1.165) is 36.5 Å². The Morgan fingerprint density at radius 1 is 0.459 bits per heavy atom. The monoisotopic (exact) mass is 783 g/mol. The number of benzene rings is 7. The Morgan fingerprint density at radius 2 is 1.02 bits per heavy atom. The van der Waals surface area contributed by atoms with E-state index in [1.54, 1.807) is 11.1 Å².